The van der Waals surface area contributed by atoms with E-state index in [1.807, 2.05) is 61.7 Å². The normalized spacial score (nSPS) is 13.5. The third kappa shape index (κ3) is 5.77. The van der Waals surface area contributed by atoms with E-state index in [0.29, 0.717) is 19.5 Å². The van der Waals surface area contributed by atoms with Gasteiger partial charge in [-0.1, -0.05) is 81.4 Å². The van der Waals surface area contributed by atoms with Gasteiger partial charge in [-0.2, -0.15) is 0 Å². The molecule has 1 aromatic heterocycles. The molecule has 0 saturated heterocycles. The number of nitrogens with two attached hydrogens (primary N) is 1. The van der Waals surface area contributed by atoms with Crippen molar-refractivity contribution in [3.63, 3.8) is 0 Å². The van der Waals surface area contributed by atoms with Gasteiger partial charge in [-0.05, 0) is 24.3 Å². The first-order chi connectivity index (χ1) is 15.2. The van der Waals surface area contributed by atoms with Crippen LogP contribution in [0.3, 0.4) is 0 Å². The number of amides is 1. The molecule has 0 bridgehead atoms. The summed E-state index contributed by atoms with van der Waals surface area (Å²) in [6.07, 6.45) is 1.66. The van der Waals surface area contributed by atoms with E-state index in [1.165, 1.54) is 4.90 Å². The van der Waals surface area contributed by atoms with Crippen LogP contribution in [0.2, 0.25) is 0 Å². The molecule has 3 rings (SSSR count). The minimum absolute atomic E-state index is 0.0820. The van der Waals surface area contributed by atoms with Crippen molar-refractivity contribution in [1.29, 1.82) is 0 Å². The van der Waals surface area contributed by atoms with E-state index in [1.54, 1.807) is 0 Å². The van der Waals surface area contributed by atoms with Crippen LogP contribution in [0.4, 0.5) is 4.79 Å². The fourth-order valence-corrected chi connectivity index (χ4v) is 3.98. The van der Waals surface area contributed by atoms with Crippen LogP contribution in [-0.4, -0.2) is 38.2 Å². The zero-order valence-electron chi connectivity index (χ0n) is 19.4. The molecular formula is C26H34N4O2. The molecule has 0 aliphatic rings. The number of hydrogen-bond acceptors (Lipinski definition) is 3. The number of aromatic nitrogens is 2. The van der Waals surface area contributed by atoms with Crippen LogP contribution in [0.1, 0.15) is 51.5 Å². The number of nitrogens with zero attached hydrogens (tertiary/aromatic N) is 3. The van der Waals surface area contributed by atoms with Gasteiger partial charge in [0.05, 0.1) is 11.7 Å². The summed E-state index contributed by atoms with van der Waals surface area (Å²) >= 11 is 0. The van der Waals surface area contributed by atoms with Crippen molar-refractivity contribution in [2.24, 2.45) is 11.1 Å². The molecule has 2 aromatic carbocycles. The monoisotopic (exact) mass is 434 g/mol. The average molecular weight is 435 g/mol. The van der Waals surface area contributed by atoms with Gasteiger partial charge in [0.15, 0.2) is 0 Å². The first kappa shape index (κ1) is 23.5. The summed E-state index contributed by atoms with van der Waals surface area (Å²) in [4.78, 5) is 18.9. The van der Waals surface area contributed by atoms with Crippen LogP contribution in [-0.2, 0) is 6.54 Å². The summed E-state index contributed by atoms with van der Waals surface area (Å²) in [7, 11) is 0. The highest BCUT2D eigenvalue weighted by atomic mass is 16.4. The summed E-state index contributed by atoms with van der Waals surface area (Å²) in [5.74, 6) is 0.743. The zero-order chi connectivity index (χ0) is 23.3. The van der Waals surface area contributed by atoms with Gasteiger partial charge in [-0.3, -0.25) is 4.90 Å². The van der Waals surface area contributed by atoms with Crippen LogP contribution in [0, 0.1) is 5.41 Å². The standard InChI is InChI=1S/C26H34N4O2/c1-19(27)15-16-30(25(31)32)23(26(2,3)4)24-28-22(21-13-9-6-10-14-21)18-29(24)17-20-11-7-5-8-12-20/h5-14,18-19,23H,15-17,27H2,1-4H3,(H,31,32)/t19?,23-/m0/s1. The molecule has 0 spiro atoms. The summed E-state index contributed by atoms with van der Waals surface area (Å²) in [6, 6.07) is 19.6. The molecule has 32 heavy (non-hydrogen) atoms. The van der Waals surface area contributed by atoms with E-state index >= 15 is 0 Å². The first-order valence-electron chi connectivity index (χ1n) is 11.1. The predicted octanol–water partition coefficient (Wildman–Crippen LogP) is 5.40. The molecule has 1 heterocycles. The lowest BCUT2D eigenvalue weighted by molar-refractivity contribution is 0.0742. The Balaban J connectivity index is 2.12. The molecule has 0 aliphatic carbocycles. The Morgan fingerprint density at radius 2 is 1.69 bits per heavy atom. The maximum atomic E-state index is 12.4. The van der Waals surface area contributed by atoms with Crippen LogP contribution >= 0.6 is 0 Å². The lowest BCUT2D eigenvalue weighted by atomic mass is 9.84. The quantitative estimate of drug-likeness (QED) is 0.497. The number of benzene rings is 2. The second-order valence-electron chi connectivity index (χ2n) is 9.47. The van der Waals surface area contributed by atoms with Crippen molar-refractivity contribution in [2.75, 3.05) is 6.54 Å². The van der Waals surface area contributed by atoms with Crippen LogP contribution < -0.4 is 5.73 Å². The molecule has 0 fully saturated rings. The topological polar surface area (TPSA) is 84.4 Å². The molecule has 6 heteroatoms. The Kier molecular flexibility index (Phi) is 7.36. The summed E-state index contributed by atoms with van der Waals surface area (Å²) in [5.41, 5.74) is 8.57. The molecule has 1 unspecified atom stereocenters. The fourth-order valence-electron chi connectivity index (χ4n) is 3.98. The maximum Gasteiger partial charge on any atom is 0.407 e. The predicted molar refractivity (Wildman–Crippen MR) is 128 cm³/mol. The van der Waals surface area contributed by atoms with E-state index in [4.69, 9.17) is 10.7 Å². The van der Waals surface area contributed by atoms with Crippen molar-refractivity contribution in [3.8, 4) is 11.3 Å². The van der Waals surface area contributed by atoms with Gasteiger partial charge in [-0.25, -0.2) is 9.78 Å². The van der Waals surface area contributed by atoms with E-state index in [9.17, 15) is 9.90 Å². The van der Waals surface area contributed by atoms with Crippen molar-refractivity contribution >= 4 is 6.09 Å². The molecule has 2 atom stereocenters. The second-order valence-corrected chi connectivity index (χ2v) is 9.47. The van der Waals surface area contributed by atoms with Gasteiger partial charge in [0, 0.05) is 30.9 Å². The van der Waals surface area contributed by atoms with Gasteiger partial charge in [0.1, 0.15) is 5.82 Å². The molecule has 0 saturated carbocycles. The highest BCUT2D eigenvalue weighted by Crippen LogP contribution is 2.39. The Morgan fingerprint density at radius 3 is 2.22 bits per heavy atom. The van der Waals surface area contributed by atoms with E-state index in [-0.39, 0.29) is 11.5 Å². The van der Waals surface area contributed by atoms with E-state index in [0.717, 1.165) is 22.6 Å². The molecule has 6 nitrogen and oxygen atoms in total. The summed E-state index contributed by atoms with van der Waals surface area (Å²) < 4.78 is 2.09. The Hall–Kier alpha value is -3.12. The van der Waals surface area contributed by atoms with Crippen molar-refractivity contribution in [2.45, 2.75) is 52.7 Å². The highest BCUT2D eigenvalue weighted by Gasteiger charge is 2.38. The van der Waals surface area contributed by atoms with E-state index < -0.39 is 12.1 Å². The van der Waals surface area contributed by atoms with Crippen LogP contribution in [0.25, 0.3) is 11.3 Å². The van der Waals surface area contributed by atoms with Gasteiger partial charge < -0.3 is 15.4 Å². The van der Waals surface area contributed by atoms with E-state index in [2.05, 4.69) is 37.5 Å². The fraction of sp³-hybridized carbons (Fsp3) is 0.385. The lowest BCUT2D eigenvalue weighted by Crippen LogP contribution is -2.43. The smallest absolute Gasteiger partial charge is 0.407 e. The SMILES string of the molecule is CC(N)CCN(C(=O)O)[C@@H](c1nc(-c2ccccc2)cn1Cc1ccccc1)C(C)(C)C. The van der Waals surface area contributed by atoms with Gasteiger partial charge in [0.2, 0.25) is 0 Å². The number of rotatable bonds is 8. The van der Waals surface area contributed by atoms with Gasteiger partial charge in [0.25, 0.3) is 0 Å². The number of imidazole rings is 1. The maximum absolute atomic E-state index is 12.4. The minimum atomic E-state index is -0.957. The average Bonchev–Trinajstić information content (AvgIpc) is 3.14. The zero-order valence-corrected chi connectivity index (χ0v) is 19.4. The van der Waals surface area contributed by atoms with Gasteiger partial charge >= 0.3 is 6.09 Å². The molecule has 3 N–H and O–H groups in total. The third-order valence-corrected chi connectivity index (χ3v) is 5.52. The number of hydrogen-bond donors (Lipinski definition) is 2. The number of carboxylic acid groups (broad SMARTS) is 1. The van der Waals surface area contributed by atoms with Crippen molar-refractivity contribution in [3.05, 3.63) is 78.2 Å². The van der Waals surface area contributed by atoms with Crippen LogP contribution in [0.5, 0.6) is 0 Å². The Bertz CT molecular complexity index is 1010. The molecule has 3 aromatic rings. The molecule has 1 amide bonds. The molecule has 0 radical (unpaired) electrons. The summed E-state index contributed by atoms with van der Waals surface area (Å²) in [5, 5.41) is 10.1. The second kappa shape index (κ2) is 10.0. The summed E-state index contributed by atoms with van der Waals surface area (Å²) in [6.45, 7) is 9.04. The minimum Gasteiger partial charge on any atom is -0.465 e. The molecule has 0 aliphatic heterocycles. The highest BCUT2D eigenvalue weighted by molar-refractivity contribution is 5.66. The lowest BCUT2D eigenvalue weighted by Gasteiger charge is -2.38. The number of carbonyl (C=O) groups is 1. The van der Waals surface area contributed by atoms with Crippen LogP contribution in [0.15, 0.2) is 66.9 Å². The van der Waals surface area contributed by atoms with Crippen molar-refractivity contribution in [1.82, 2.24) is 14.5 Å². The third-order valence-electron chi connectivity index (χ3n) is 5.52. The Morgan fingerprint density at radius 1 is 1.09 bits per heavy atom. The molecular weight excluding hydrogens is 400 g/mol. The van der Waals surface area contributed by atoms with Crippen molar-refractivity contribution < 1.29 is 9.90 Å². The largest absolute Gasteiger partial charge is 0.465 e. The van der Waals surface area contributed by atoms with Gasteiger partial charge in [-0.15, -0.1) is 0 Å². The Labute approximate surface area is 190 Å². The first-order valence-corrected chi connectivity index (χ1v) is 11.1. The molecule has 170 valence electrons.